The van der Waals surface area contributed by atoms with Crippen LogP contribution in [0.1, 0.15) is 48.7 Å². The summed E-state index contributed by atoms with van der Waals surface area (Å²) >= 11 is 0. The summed E-state index contributed by atoms with van der Waals surface area (Å²) in [6.07, 6.45) is 6.05. The number of aromatic nitrogens is 3. The van der Waals surface area contributed by atoms with Gasteiger partial charge in [-0.05, 0) is 42.2 Å². The molecule has 158 valence electrons. The first kappa shape index (κ1) is 19.5. The number of hydrogen-bond donors (Lipinski definition) is 1. The van der Waals surface area contributed by atoms with Gasteiger partial charge in [-0.2, -0.15) is 0 Å². The van der Waals surface area contributed by atoms with Crippen LogP contribution in [0.5, 0.6) is 0 Å². The van der Waals surface area contributed by atoms with Crippen LogP contribution in [0.15, 0.2) is 42.0 Å². The highest BCUT2D eigenvalue weighted by Crippen LogP contribution is 2.59. The van der Waals surface area contributed by atoms with Gasteiger partial charge in [0.05, 0.1) is 6.54 Å². The Hall–Kier alpha value is -2.47. The second kappa shape index (κ2) is 7.65. The van der Waals surface area contributed by atoms with Crippen LogP contribution in [0, 0.1) is 17.3 Å². The molecule has 1 aromatic carbocycles. The van der Waals surface area contributed by atoms with E-state index in [1.807, 2.05) is 30.3 Å². The van der Waals surface area contributed by atoms with Crippen molar-refractivity contribution >= 4 is 5.91 Å². The molecule has 30 heavy (non-hydrogen) atoms. The van der Waals surface area contributed by atoms with Crippen molar-refractivity contribution in [2.45, 2.75) is 46.2 Å². The molecule has 2 heterocycles. The molecule has 6 rings (SSSR count). The zero-order valence-corrected chi connectivity index (χ0v) is 18.0. The maximum Gasteiger partial charge on any atom is 0.251 e. The molecule has 1 aliphatic heterocycles. The molecule has 0 unspecified atom stereocenters. The van der Waals surface area contributed by atoms with E-state index in [4.69, 9.17) is 0 Å². The predicted octanol–water partition coefficient (Wildman–Crippen LogP) is 3.06. The smallest absolute Gasteiger partial charge is 0.251 e. The summed E-state index contributed by atoms with van der Waals surface area (Å²) in [5.74, 6) is 3.45. The van der Waals surface area contributed by atoms with Gasteiger partial charge in [0, 0.05) is 38.2 Å². The number of nitrogens with one attached hydrogen (secondary N) is 1. The lowest BCUT2D eigenvalue weighted by Crippen LogP contribution is -2.50. The molecule has 1 saturated carbocycles. The highest BCUT2D eigenvalue weighted by molar-refractivity contribution is 5.93. The van der Waals surface area contributed by atoms with Gasteiger partial charge >= 0.3 is 0 Å². The molecule has 2 atom stereocenters. The Morgan fingerprint density at radius 2 is 2.00 bits per heavy atom. The summed E-state index contributed by atoms with van der Waals surface area (Å²) in [6.45, 7) is 9.27. The third-order valence-electron chi connectivity index (χ3n) is 7.63. The molecule has 1 aromatic heterocycles. The van der Waals surface area contributed by atoms with Crippen molar-refractivity contribution in [3.05, 3.63) is 59.2 Å². The van der Waals surface area contributed by atoms with Gasteiger partial charge in [0.2, 0.25) is 0 Å². The van der Waals surface area contributed by atoms with E-state index < -0.39 is 0 Å². The number of benzene rings is 1. The zero-order chi connectivity index (χ0) is 20.7. The Bertz CT molecular complexity index is 961. The van der Waals surface area contributed by atoms with Crippen LogP contribution in [0.4, 0.5) is 0 Å². The first-order valence-corrected chi connectivity index (χ1v) is 11.2. The van der Waals surface area contributed by atoms with E-state index in [0.29, 0.717) is 17.5 Å². The molecule has 0 spiro atoms. The van der Waals surface area contributed by atoms with Gasteiger partial charge in [0.15, 0.2) is 5.82 Å². The Labute approximate surface area is 178 Å². The van der Waals surface area contributed by atoms with Crippen molar-refractivity contribution in [1.29, 1.82) is 0 Å². The average molecular weight is 406 g/mol. The number of carbonyl (C=O) groups is 1. The molecule has 0 radical (unpaired) electrons. The fourth-order valence-electron chi connectivity index (χ4n) is 5.48. The minimum atomic E-state index is -0.0751. The zero-order valence-electron chi connectivity index (χ0n) is 18.0. The second-order valence-electron chi connectivity index (χ2n) is 9.58. The normalized spacial score (nSPS) is 24.9. The molecule has 1 fully saturated rings. The van der Waals surface area contributed by atoms with Gasteiger partial charge in [-0.25, -0.2) is 0 Å². The lowest BCUT2D eigenvalue weighted by molar-refractivity contribution is -0.0106. The third-order valence-corrected chi connectivity index (χ3v) is 7.63. The minimum absolute atomic E-state index is 0.0751. The molecule has 6 nitrogen and oxygen atoms in total. The van der Waals surface area contributed by atoms with Crippen LogP contribution in [0.25, 0.3) is 0 Å². The average Bonchev–Trinajstić information content (AvgIpc) is 3.05. The first-order valence-electron chi connectivity index (χ1n) is 11.2. The van der Waals surface area contributed by atoms with E-state index >= 15 is 0 Å². The van der Waals surface area contributed by atoms with E-state index in [9.17, 15) is 4.79 Å². The largest absolute Gasteiger partial charge is 0.345 e. The van der Waals surface area contributed by atoms with Crippen LogP contribution in [-0.2, 0) is 19.5 Å². The first-order chi connectivity index (χ1) is 14.5. The van der Waals surface area contributed by atoms with Crippen LogP contribution in [0.3, 0.4) is 0 Å². The molecule has 2 bridgehead atoms. The van der Waals surface area contributed by atoms with Gasteiger partial charge in [0.25, 0.3) is 5.91 Å². The number of amides is 1. The lowest BCUT2D eigenvalue weighted by Gasteiger charge is -2.57. The molecule has 4 aliphatic rings. The number of nitrogens with zero attached hydrogens (tertiary/aromatic N) is 4. The Balaban J connectivity index is 1.20. The lowest BCUT2D eigenvalue weighted by atomic mass is 9.49. The van der Waals surface area contributed by atoms with Crippen LogP contribution in [-0.4, -0.2) is 45.2 Å². The SMILES string of the molecule is CC1(C)[C@H]2CC=C(CN3CCc4nnc(CNC(=O)c5ccccc5)n4CC3)[C@@H]1C2. The summed E-state index contributed by atoms with van der Waals surface area (Å²) in [6, 6.07) is 9.30. The number of hydrogen-bond acceptors (Lipinski definition) is 4. The molecule has 6 heteroatoms. The number of fused-ring (bicyclic) bond motifs is 2. The third kappa shape index (κ3) is 3.47. The fourth-order valence-corrected chi connectivity index (χ4v) is 5.48. The van der Waals surface area contributed by atoms with Gasteiger partial charge in [0.1, 0.15) is 5.82 Å². The van der Waals surface area contributed by atoms with Gasteiger partial charge in [-0.1, -0.05) is 43.7 Å². The number of rotatable bonds is 5. The molecule has 1 amide bonds. The highest BCUT2D eigenvalue weighted by Gasteiger charge is 2.51. The van der Waals surface area contributed by atoms with Gasteiger partial charge in [-0.15, -0.1) is 10.2 Å². The number of carbonyl (C=O) groups excluding carboxylic acids is 1. The van der Waals surface area contributed by atoms with Gasteiger partial charge in [-0.3, -0.25) is 9.69 Å². The van der Waals surface area contributed by atoms with Crippen LogP contribution in [0.2, 0.25) is 0 Å². The van der Waals surface area contributed by atoms with E-state index in [1.165, 1.54) is 12.8 Å². The Kier molecular flexibility index (Phi) is 4.97. The standard InChI is InChI=1S/C24H31N5O/c1-24(2)19-9-8-18(20(24)14-19)16-28-11-10-21-26-27-22(29(21)13-12-28)15-25-23(30)17-6-4-3-5-7-17/h3-8,19-20H,9-16H2,1-2H3,(H,25,30)/t19-,20-/m0/s1. The summed E-state index contributed by atoms with van der Waals surface area (Å²) in [5.41, 5.74) is 2.80. The maximum absolute atomic E-state index is 12.4. The van der Waals surface area contributed by atoms with E-state index in [-0.39, 0.29) is 5.91 Å². The Morgan fingerprint density at radius 3 is 2.77 bits per heavy atom. The Morgan fingerprint density at radius 1 is 1.17 bits per heavy atom. The molecule has 1 N–H and O–H groups in total. The predicted molar refractivity (Wildman–Crippen MR) is 116 cm³/mol. The molecular formula is C24H31N5O. The van der Waals surface area contributed by atoms with E-state index in [0.717, 1.165) is 56.1 Å². The van der Waals surface area contributed by atoms with Crippen molar-refractivity contribution < 1.29 is 4.79 Å². The van der Waals surface area contributed by atoms with Crippen LogP contribution < -0.4 is 5.32 Å². The van der Waals surface area contributed by atoms with Crippen molar-refractivity contribution in [2.24, 2.45) is 17.3 Å². The van der Waals surface area contributed by atoms with Crippen molar-refractivity contribution in [1.82, 2.24) is 25.0 Å². The van der Waals surface area contributed by atoms with Crippen molar-refractivity contribution in [2.75, 3.05) is 19.6 Å². The summed E-state index contributed by atoms with van der Waals surface area (Å²) < 4.78 is 2.20. The fraction of sp³-hybridized carbons (Fsp3) is 0.542. The van der Waals surface area contributed by atoms with Crippen LogP contribution >= 0.6 is 0 Å². The molecule has 2 aromatic rings. The molecular weight excluding hydrogens is 374 g/mol. The van der Waals surface area contributed by atoms with E-state index in [1.54, 1.807) is 5.57 Å². The van der Waals surface area contributed by atoms with E-state index in [2.05, 4.69) is 44.9 Å². The monoisotopic (exact) mass is 405 g/mol. The topological polar surface area (TPSA) is 63.1 Å². The summed E-state index contributed by atoms with van der Waals surface area (Å²) in [4.78, 5) is 14.9. The van der Waals surface area contributed by atoms with Crippen molar-refractivity contribution in [3.63, 3.8) is 0 Å². The molecule has 3 aliphatic carbocycles. The number of allylic oxidation sites excluding steroid dienone is 1. The molecule has 0 saturated heterocycles. The minimum Gasteiger partial charge on any atom is -0.345 e. The van der Waals surface area contributed by atoms with Crippen molar-refractivity contribution in [3.8, 4) is 0 Å². The summed E-state index contributed by atoms with van der Waals surface area (Å²) in [7, 11) is 0. The second-order valence-corrected chi connectivity index (χ2v) is 9.58. The quantitative estimate of drug-likeness (QED) is 0.777. The summed E-state index contributed by atoms with van der Waals surface area (Å²) in [5, 5.41) is 11.8. The maximum atomic E-state index is 12.4. The highest BCUT2D eigenvalue weighted by atomic mass is 16.1. The van der Waals surface area contributed by atoms with Gasteiger partial charge < -0.3 is 9.88 Å².